The van der Waals surface area contributed by atoms with Crippen LogP contribution in [0.15, 0.2) is 112 Å². The predicted molar refractivity (Wildman–Crippen MR) is 194 cm³/mol. The van der Waals surface area contributed by atoms with Gasteiger partial charge in [0, 0.05) is 20.4 Å². The number of thiazole rings is 1. The van der Waals surface area contributed by atoms with Gasteiger partial charge in [-0.05, 0) is 106 Å². The molecule has 11 heteroatoms. The Kier molecular flexibility index (Phi) is 9.70. The summed E-state index contributed by atoms with van der Waals surface area (Å²) in [6.45, 7) is 1.81. The summed E-state index contributed by atoms with van der Waals surface area (Å²) in [6.07, 6.45) is 1.77. The van der Waals surface area contributed by atoms with Crippen LogP contribution in [0.25, 0.3) is 6.08 Å². The number of hydrogen-bond acceptors (Lipinski definition) is 6. The van der Waals surface area contributed by atoms with E-state index in [4.69, 9.17) is 14.5 Å². The lowest BCUT2D eigenvalue weighted by atomic mass is 9.95. The van der Waals surface area contributed by atoms with E-state index in [0.29, 0.717) is 54.5 Å². The minimum Gasteiger partial charge on any atom is -0.497 e. The van der Waals surface area contributed by atoms with Gasteiger partial charge in [0.05, 0.1) is 32.5 Å². The number of hydrogen-bond donors (Lipinski definition) is 1. The molecule has 1 aliphatic heterocycles. The third kappa shape index (κ3) is 6.67. The molecule has 46 heavy (non-hydrogen) atoms. The second-order valence-electron chi connectivity index (χ2n) is 10.4. The number of methoxy groups -OCH3 is 1. The van der Waals surface area contributed by atoms with E-state index in [1.54, 1.807) is 55.0 Å². The average molecular weight is 857 g/mol. The van der Waals surface area contributed by atoms with E-state index in [0.717, 1.165) is 7.14 Å². The van der Waals surface area contributed by atoms with Crippen molar-refractivity contribution in [2.45, 2.75) is 19.6 Å². The Morgan fingerprint density at radius 3 is 2.57 bits per heavy atom. The van der Waals surface area contributed by atoms with Crippen molar-refractivity contribution in [3.05, 3.63) is 152 Å². The largest absolute Gasteiger partial charge is 0.497 e. The van der Waals surface area contributed by atoms with Crippen LogP contribution in [0.3, 0.4) is 0 Å². The molecule has 0 saturated heterocycles. The number of nitrogens with zero attached hydrogens (tertiary/aromatic N) is 2. The number of allylic oxidation sites excluding steroid dienone is 1. The molecule has 2 heterocycles. The number of anilines is 1. The van der Waals surface area contributed by atoms with Crippen LogP contribution in [-0.4, -0.2) is 17.6 Å². The molecule has 1 aliphatic rings. The molecule has 232 valence electrons. The van der Waals surface area contributed by atoms with Crippen LogP contribution in [-0.2, 0) is 11.4 Å². The van der Waals surface area contributed by atoms with Gasteiger partial charge in [0.15, 0.2) is 4.80 Å². The van der Waals surface area contributed by atoms with Crippen LogP contribution >= 0.6 is 56.5 Å². The van der Waals surface area contributed by atoms with Crippen molar-refractivity contribution in [2.24, 2.45) is 4.99 Å². The van der Waals surface area contributed by atoms with Gasteiger partial charge in [-0.15, -0.1) is 0 Å². The topological polar surface area (TPSA) is 81.9 Å². The summed E-state index contributed by atoms with van der Waals surface area (Å²) >= 11 is 5.64. The highest BCUT2D eigenvalue weighted by Gasteiger charge is 2.33. The zero-order valence-corrected chi connectivity index (χ0v) is 29.7. The number of aromatic nitrogens is 1. The lowest BCUT2D eigenvalue weighted by molar-refractivity contribution is -0.113. The van der Waals surface area contributed by atoms with Gasteiger partial charge in [-0.25, -0.2) is 9.38 Å². The van der Waals surface area contributed by atoms with Crippen molar-refractivity contribution in [1.29, 1.82) is 0 Å². The van der Waals surface area contributed by atoms with Crippen molar-refractivity contribution in [3.63, 3.8) is 0 Å². The van der Waals surface area contributed by atoms with Gasteiger partial charge in [0.1, 0.15) is 23.9 Å². The van der Waals surface area contributed by atoms with Crippen LogP contribution in [0.5, 0.6) is 11.5 Å². The summed E-state index contributed by atoms with van der Waals surface area (Å²) in [7, 11) is 1.57. The fraction of sp³-hybridized carbons (Fsp3) is 0.114. The fourth-order valence-electron chi connectivity index (χ4n) is 5.21. The van der Waals surface area contributed by atoms with Gasteiger partial charge in [0.2, 0.25) is 0 Å². The summed E-state index contributed by atoms with van der Waals surface area (Å²) in [6, 6.07) is 26.1. The number of carbonyl (C=O) groups is 1. The second kappa shape index (κ2) is 13.9. The molecule has 0 unspecified atom stereocenters. The van der Waals surface area contributed by atoms with Gasteiger partial charge in [0.25, 0.3) is 11.5 Å². The maximum absolute atomic E-state index is 14.4. The van der Waals surface area contributed by atoms with Crippen LogP contribution in [0, 0.1) is 13.0 Å². The molecule has 1 N–H and O–H groups in total. The van der Waals surface area contributed by atoms with Crippen molar-refractivity contribution < 1.29 is 18.7 Å². The molecule has 0 spiro atoms. The van der Waals surface area contributed by atoms with E-state index in [1.807, 2.05) is 54.6 Å². The second-order valence-corrected chi connectivity index (χ2v) is 13.8. The van der Waals surface area contributed by atoms with E-state index in [9.17, 15) is 14.0 Å². The Bertz CT molecular complexity index is 2180. The monoisotopic (exact) mass is 857 g/mol. The number of halogens is 3. The van der Waals surface area contributed by atoms with Gasteiger partial charge in [-0.3, -0.25) is 14.2 Å². The maximum atomic E-state index is 14.4. The number of benzene rings is 4. The molecule has 0 radical (unpaired) electrons. The van der Waals surface area contributed by atoms with E-state index in [2.05, 4.69) is 50.5 Å². The minimum atomic E-state index is -0.759. The summed E-state index contributed by atoms with van der Waals surface area (Å²) < 4.78 is 29.8. The molecule has 6 rings (SSSR count). The first-order valence-corrected chi connectivity index (χ1v) is 17.1. The van der Waals surface area contributed by atoms with Gasteiger partial charge in [-0.2, -0.15) is 0 Å². The highest BCUT2D eigenvalue weighted by molar-refractivity contribution is 14.1. The Hall–Kier alpha value is -3.82. The summed E-state index contributed by atoms with van der Waals surface area (Å²) in [5, 5.41) is 2.97. The predicted octanol–water partition coefficient (Wildman–Crippen LogP) is 6.81. The molecule has 0 saturated carbocycles. The molecule has 1 aromatic heterocycles. The third-order valence-electron chi connectivity index (χ3n) is 7.36. The van der Waals surface area contributed by atoms with Crippen molar-refractivity contribution in [2.75, 3.05) is 12.4 Å². The first kappa shape index (κ1) is 32.1. The lowest BCUT2D eigenvalue weighted by Gasteiger charge is -2.25. The Morgan fingerprint density at radius 1 is 1.04 bits per heavy atom. The summed E-state index contributed by atoms with van der Waals surface area (Å²) in [4.78, 5) is 33.4. The van der Waals surface area contributed by atoms with Gasteiger partial charge < -0.3 is 14.8 Å². The number of amides is 1. The third-order valence-corrected chi connectivity index (χ3v) is 9.77. The molecule has 1 amide bonds. The van der Waals surface area contributed by atoms with E-state index < -0.39 is 6.04 Å². The zero-order valence-electron chi connectivity index (χ0n) is 24.6. The highest BCUT2D eigenvalue weighted by Crippen LogP contribution is 2.33. The quantitative estimate of drug-likeness (QED) is 0.174. The number of para-hydroxylation sites is 1. The number of ether oxygens (including phenoxy) is 2. The van der Waals surface area contributed by atoms with E-state index in [-0.39, 0.29) is 23.9 Å². The standard InChI is InChI=1S/C35H26FI2N3O4S/c1-20-30(33(42)40-25-11-4-3-5-12-25)31(21-10-8-13-26(16-21)44-2)41-34(43)29(46-35(41)39-20)17-23-15-24(37)18-28(38)32(23)45-19-22-9-6-7-14-27(22)36/h3-18,31H,19H2,1-2H3,(H,40,42)/b29-17-/t31-/m0/s1. The maximum Gasteiger partial charge on any atom is 0.271 e. The SMILES string of the molecule is COc1cccc([C@H]2C(C(=O)Nc3ccccc3)=C(C)N=c3s/c(=C\c4cc(I)cc(I)c4OCc4ccccc4F)c(=O)n32)c1. The van der Waals surface area contributed by atoms with Crippen LogP contribution in [0.2, 0.25) is 0 Å². The summed E-state index contributed by atoms with van der Waals surface area (Å²) in [5.74, 6) is 0.434. The lowest BCUT2D eigenvalue weighted by Crippen LogP contribution is -2.40. The number of nitrogens with one attached hydrogen (secondary N) is 1. The zero-order chi connectivity index (χ0) is 32.4. The van der Waals surface area contributed by atoms with Crippen molar-refractivity contribution in [3.8, 4) is 11.5 Å². The molecular formula is C35H26FI2N3O4S. The van der Waals surface area contributed by atoms with Crippen molar-refractivity contribution in [1.82, 2.24) is 4.57 Å². The van der Waals surface area contributed by atoms with Crippen LogP contribution < -0.4 is 29.7 Å². The summed E-state index contributed by atoms with van der Waals surface area (Å²) in [5.41, 5.74) is 3.00. The van der Waals surface area contributed by atoms with Crippen LogP contribution in [0.4, 0.5) is 10.1 Å². The van der Waals surface area contributed by atoms with Gasteiger partial charge in [-0.1, -0.05) is 59.9 Å². The molecular weight excluding hydrogens is 831 g/mol. The number of carbonyl (C=O) groups excluding carboxylic acids is 1. The smallest absolute Gasteiger partial charge is 0.271 e. The molecule has 0 fully saturated rings. The molecule has 0 aliphatic carbocycles. The Labute approximate surface area is 295 Å². The van der Waals surface area contributed by atoms with E-state index >= 15 is 0 Å². The van der Waals surface area contributed by atoms with Crippen molar-refractivity contribution >= 4 is 74.2 Å². The van der Waals surface area contributed by atoms with Crippen LogP contribution in [0.1, 0.15) is 29.7 Å². The molecule has 1 atom stereocenters. The number of rotatable bonds is 8. The molecule has 4 aromatic carbocycles. The molecule has 5 aromatic rings. The van der Waals surface area contributed by atoms with E-state index in [1.165, 1.54) is 17.4 Å². The normalized spacial score (nSPS) is 14.5. The number of fused-ring (bicyclic) bond motifs is 1. The average Bonchev–Trinajstić information content (AvgIpc) is 3.34. The highest BCUT2D eigenvalue weighted by atomic mass is 127. The Morgan fingerprint density at radius 2 is 1.80 bits per heavy atom. The minimum absolute atomic E-state index is 0.0281. The van der Waals surface area contributed by atoms with Gasteiger partial charge >= 0.3 is 0 Å². The molecule has 0 bridgehead atoms. The molecule has 7 nitrogen and oxygen atoms in total. The first-order chi connectivity index (χ1) is 22.2. The fourth-order valence-corrected chi connectivity index (χ4v) is 8.29. The first-order valence-electron chi connectivity index (χ1n) is 14.1. The Balaban J connectivity index is 1.48.